The first kappa shape index (κ1) is 20.0. The topological polar surface area (TPSA) is 38.8 Å². The van der Waals surface area contributed by atoms with Gasteiger partial charge < -0.3 is 14.4 Å². The molecule has 0 bridgehead atoms. The molecule has 4 nitrogen and oxygen atoms in total. The van der Waals surface area contributed by atoms with E-state index in [9.17, 15) is 18.0 Å². The van der Waals surface area contributed by atoms with Crippen molar-refractivity contribution >= 4 is 5.91 Å². The molecule has 150 valence electrons. The Morgan fingerprint density at radius 2 is 1.64 bits per heavy atom. The molecule has 0 aliphatic carbocycles. The van der Waals surface area contributed by atoms with E-state index in [-0.39, 0.29) is 12.5 Å². The summed E-state index contributed by atoms with van der Waals surface area (Å²) in [6.07, 6.45) is -2.68. The Labute approximate surface area is 161 Å². The lowest BCUT2D eigenvalue weighted by Gasteiger charge is -2.18. The largest absolute Gasteiger partial charge is 0.490 e. The fourth-order valence-electron chi connectivity index (χ4n) is 2.97. The third-order valence-electron chi connectivity index (χ3n) is 4.57. The molecule has 0 N–H and O–H groups in total. The second kappa shape index (κ2) is 8.54. The van der Waals surface area contributed by atoms with Crippen molar-refractivity contribution in [3.8, 4) is 11.5 Å². The second-order valence-electron chi connectivity index (χ2n) is 6.78. The minimum absolute atomic E-state index is 0.0768. The molecule has 0 atom stereocenters. The maximum Gasteiger partial charge on any atom is 0.416 e. The molecule has 7 heteroatoms. The first-order valence-electron chi connectivity index (χ1n) is 9.11. The smallest absolute Gasteiger partial charge is 0.416 e. The molecule has 0 spiro atoms. The SMILES string of the molecule is CN(Cc1ccc(C(F)(F)F)cc1)C(=O)CCc1ccc2c(c1)OCCCO2. The summed E-state index contributed by atoms with van der Waals surface area (Å²) < 4.78 is 49.1. The Balaban J connectivity index is 1.54. The molecular formula is C21H22F3NO3. The molecule has 1 aliphatic heterocycles. The molecule has 3 rings (SSSR count). The number of benzene rings is 2. The van der Waals surface area contributed by atoms with Crippen molar-refractivity contribution in [2.75, 3.05) is 20.3 Å². The molecule has 2 aromatic carbocycles. The summed E-state index contributed by atoms with van der Waals surface area (Å²) in [6, 6.07) is 10.5. The third kappa shape index (κ3) is 5.18. The highest BCUT2D eigenvalue weighted by atomic mass is 19.4. The highest BCUT2D eigenvalue weighted by molar-refractivity contribution is 5.76. The van der Waals surface area contributed by atoms with Gasteiger partial charge in [-0.3, -0.25) is 4.79 Å². The van der Waals surface area contributed by atoms with Crippen LogP contribution in [0.5, 0.6) is 11.5 Å². The monoisotopic (exact) mass is 393 g/mol. The number of nitrogens with zero attached hydrogens (tertiary/aromatic N) is 1. The first-order valence-corrected chi connectivity index (χ1v) is 9.11. The van der Waals surface area contributed by atoms with Gasteiger partial charge in [-0.05, 0) is 41.8 Å². The average Bonchev–Trinajstić information content (AvgIpc) is 2.90. The molecule has 1 aliphatic rings. The van der Waals surface area contributed by atoms with Crippen molar-refractivity contribution in [2.45, 2.75) is 32.0 Å². The van der Waals surface area contributed by atoms with Crippen LogP contribution in [-0.4, -0.2) is 31.1 Å². The van der Waals surface area contributed by atoms with Crippen LogP contribution in [-0.2, 0) is 23.9 Å². The van der Waals surface area contributed by atoms with E-state index >= 15 is 0 Å². The number of carbonyl (C=O) groups is 1. The summed E-state index contributed by atoms with van der Waals surface area (Å²) in [5, 5.41) is 0. The van der Waals surface area contributed by atoms with Crippen LogP contribution in [0.1, 0.15) is 29.5 Å². The molecule has 1 heterocycles. The van der Waals surface area contributed by atoms with Crippen molar-refractivity contribution in [2.24, 2.45) is 0 Å². The van der Waals surface area contributed by atoms with E-state index in [1.165, 1.54) is 17.0 Å². The molecule has 2 aromatic rings. The van der Waals surface area contributed by atoms with Crippen molar-refractivity contribution in [3.05, 3.63) is 59.2 Å². The summed E-state index contributed by atoms with van der Waals surface area (Å²) in [6.45, 7) is 1.49. The lowest BCUT2D eigenvalue weighted by Crippen LogP contribution is -2.26. The number of halogens is 3. The number of hydrogen-bond donors (Lipinski definition) is 0. The summed E-state index contributed by atoms with van der Waals surface area (Å²) in [7, 11) is 1.65. The van der Waals surface area contributed by atoms with Gasteiger partial charge in [0.1, 0.15) is 0 Å². The molecule has 1 amide bonds. The van der Waals surface area contributed by atoms with Gasteiger partial charge in [-0.2, -0.15) is 13.2 Å². The molecule has 0 fully saturated rings. The van der Waals surface area contributed by atoms with Gasteiger partial charge in [0, 0.05) is 26.4 Å². The summed E-state index contributed by atoms with van der Waals surface area (Å²) in [5.74, 6) is 1.33. The summed E-state index contributed by atoms with van der Waals surface area (Å²) in [5.41, 5.74) is 0.930. The Morgan fingerprint density at radius 3 is 2.32 bits per heavy atom. The summed E-state index contributed by atoms with van der Waals surface area (Å²) in [4.78, 5) is 13.9. The number of fused-ring (bicyclic) bond motifs is 1. The standard InChI is InChI=1S/C21H22F3NO3/c1-25(14-16-3-7-17(8-4-16)21(22,23)24)20(26)10-6-15-5-9-18-19(13-15)28-12-2-11-27-18/h3-5,7-9,13H,2,6,10-12,14H2,1H3. The van der Waals surface area contributed by atoms with Crippen LogP contribution in [0.25, 0.3) is 0 Å². The predicted octanol–water partition coefficient (Wildman–Crippen LogP) is 4.46. The van der Waals surface area contributed by atoms with E-state index in [2.05, 4.69) is 0 Å². The van der Waals surface area contributed by atoms with Gasteiger partial charge in [-0.15, -0.1) is 0 Å². The average molecular weight is 393 g/mol. The molecule has 0 radical (unpaired) electrons. The molecular weight excluding hydrogens is 371 g/mol. The van der Waals surface area contributed by atoms with Crippen LogP contribution in [0.4, 0.5) is 13.2 Å². The molecule has 0 saturated carbocycles. The highest BCUT2D eigenvalue weighted by Gasteiger charge is 2.30. The first-order chi connectivity index (χ1) is 13.3. The predicted molar refractivity (Wildman–Crippen MR) is 98.3 cm³/mol. The maximum atomic E-state index is 12.6. The lowest BCUT2D eigenvalue weighted by molar-refractivity contribution is -0.137. The van der Waals surface area contributed by atoms with Crippen LogP contribution in [0.15, 0.2) is 42.5 Å². The van der Waals surface area contributed by atoms with Gasteiger partial charge in [0.25, 0.3) is 0 Å². The zero-order valence-electron chi connectivity index (χ0n) is 15.6. The van der Waals surface area contributed by atoms with Crippen LogP contribution in [0.2, 0.25) is 0 Å². The molecule has 0 aromatic heterocycles. The van der Waals surface area contributed by atoms with E-state index in [1.54, 1.807) is 7.05 Å². The van der Waals surface area contributed by atoms with E-state index in [4.69, 9.17) is 9.47 Å². The van der Waals surface area contributed by atoms with Crippen LogP contribution in [0, 0.1) is 0 Å². The molecule has 0 unspecified atom stereocenters. The molecule has 28 heavy (non-hydrogen) atoms. The van der Waals surface area contributed by atoms with Gasteiger partial charge in [0.05, 0.1) is 18.8 Å². The Bertz CT molecular complexity index is 819. The number of ether oxygens (including phenoxy) is 2. The van der Waals surface area contributed by atoms with Gasteiger partial charge in [-0.25, -0.2) is 0 Å². The second-order valence-corrected chi connectivity index (χ2v) is 6.78. The Kier molecular flexibility index (Phi) is 6.11. The quantitative estimate of drug-likeness (QED) is 0.753. The Hall–Kier alpha value is -2.70. The van der Waals surface area contributed by atoms with Gasteiger partial charge in [0.15, 0.2) is 11.5 Å². The zero-order chi connectivity index (χ0) is 20.1. The minimum Gasteiger partial charge on any atom is -0.490 e. The van der Waals surface area contributed by atoms with Crippen LogP contribution < -0.4 is 9.47 Å². The van der Waals surface area contributed by atoms with Crippen molar-refractivity contribution in [3.63, 3.8) is 0 Å². The number of carbonyl (C=O) groups excluding carboxylic acids is 1. The minimum atomic E-state index is -4.36. The number of rotatable bonds is 5. The van der Waals surface area contributed by atoms with Gasteiger partial charge in [-0.1, -0.05) is 18.2 Å². The van der Waals surface area contributed by atoms with Crippen molar-refractivity contribution in [1.82, 2.24) is 4.90 Å². The van der Waals surface area contributed by atoms with Crippen molar-refractivity contribution in [1.29, 1.82) is 0 Å². The Morgan fingerprint density at radius 1 is 1.00 bits per heavy atom. The van der Waals surface area contributed by atoms with Crippen LogP contribution in [0.3, 0.4) is 0 Å². The lowest BCUT2D eigenvalue weighted by atomic mass is 10.1. The number of aryl methyl sites for hydroxylation is 1. The normalized spacial score (nSPS) is 13.7. The highest BCUT2D eigenvalue weighted by Crippen LogP contribution is 2.31. The number of alkyl halides is 3. The van der Waals surface area contributed by atoms with E-state index in [1.807, 2.05) is 18.2 Å². The van der Waals surface area contributed by atoms with E-state index in [0.29, 0.717) is 43.1 Å². The molecule has 0 saturated heterocycles. The van der Waals surface area contributed by atoms with E-state index in [0.717, 1.165) is 24.1 Å². The fraction of sp³-hybridized carbons (Fsp3) is 0.381. The van der Waals surface area contributed by atoms with E-state index < -0.39 is 11.7 Å². The number of hydrogen-bond acceptors (Lipinski definition) is 3. The fourth-order valence-corrected chi connectivity index (χ4v) is 2.97. The zero-order valence-corrected chi connectivity index (χ0v) is 15.6. The van der Waals surface area contributed by atoms with Gasteiger partial charge >= 0.3 is 6.18 Å². The summed E-state index contributed by atoms with van der Waals surface area (Å²) >= 11 is 0. The van der Waals surface area contributed by atoms with Gasteiger partial charge in [0.2, 0.25) is 5.91 Å². The number of amides is 1. The third-order valence-corrected chi connectivity index (χ3v) is 4.57. The maximum absolute atomic E-state index is 12.6. The van der Waals surface area contributed by atoms with Crippen molar-refractivity contribution < 1.29 is 27.4 Å². The van der Waals surface area contributed by atoms with Crippen LogP contribution >= 0.6 is 0 Å².